The van der Waals surface area contributed by atoms with E-state index in [0.29, 0.717) is 5.95 Å². The average Bonchev–Trinajstić information content (AvgIpc) is 2.84. The van der Waals surface area contributed by atoms with E-state index >= 15 is 0 Å². The summed E-state index contributed by atoms with van der Waals surface area (Å²) in [5, 5.41) is 3.23. The maximum atomic E-state index is 5.87. The van der Waals surface area contributed by atoms with E-state index < -0.39 is 0 Å². The number of aromatic nitrogens is 3. The number of nitrogens with two attached hydrogens (primary N) is 1. The van der Waals surface area contributed by atoms with Gasteiger partial charge in [0, 0.05) is 5.69 Å². The van der Waals surface area contributed by atoms with E-state index in [1.807, 2.05) is 12.1 Å². The fourth-order valence-electron chi connectivity index (χ4n) is 3.01. The molecule has 2 aromatic rings. The van der Waals surface area contributed by atoms with Gasteiger partial charge in [-0.1, -0.05) is 31.9 Å². The quantitative estimate of drug-likeness (QED) is 0.878. The molecule has 1 aliphatic heterocycles. The summed E-state index contributed by atoms with van der Waals surface area (Å²) < 4.78 is 0. The van der Waals surface area contributed by atoms with Crippen molar-refractivity contribution in [1.82, 2.24) is 19.9 Å². The number of benzene rings is 1. The van der Waals surface area contributed by atoms with Crippen molar-refractivity contribution in [3.05, 3.63) is 35.7 Å². The van der Waals surface area contributed by atoms with Gasteiger partial charge in [0.2, 0.25) is 11.9 Å². The van der Waals surface area contributed by atoms with Crippen LogP contribution in [0, 0.1) is 0 Å². The van der Waals surface area contributed by atoms with Crippen LogP contribution in [0.25, 0.3) is 0 Å². The molecule has 0 atom stereocenters. The van der Waals surface area contributed by atoms with Gasteiger partial charge < -0.3 is 11.1 Å². The molecule has 1 fully saturated rings. The minimum Gasteiger partial charge on any atom is -0.368 e. The Balaban J connectivity index is 1.70. The van der Waals surface area contributed by atoms with Crippen molar-refractivity contribution < 1.29 is 0 Å². The number of nitrogens with one attached hydrogen (secondary N) is 1. The molecule has 0 aliphatic carbocycles. The van der Waals surface area contributed by atoms with Gasteiger partial charge in [0.1, 0.15) is 5.82 Å². The first kappa shape index (κ1) is 16.6. The summed E-state index contributed by atoms with van der Waals surface area (Å²) in [7, 11) is 0. The Morgan fingerprint density at radius 3 is 2.38 bits per heavy atom. The predicted octanol–water partition coefficient (Wildman–Crippen LogP) is 3.14. The summed E-state index contributed by atoms with van der Waals surface area (Å²) in [5.74, 6) is 1.51. The lowest BCUT2D eigenvalue weighted by Gasteiger charge is -2.18. The Labute approximate surface area is 143 Å². The molecule has 6 heteroatoms. The normalized spacial score (nSPS) is 15.9. The summed E-state index contributed by atoms with van der Waals surface area (Å²) >= 11 is 0. The molecule has 1 aliphatic rings. The molecule has 3 rings (SSSR count). The van der Waals surface area contributed by atoms with Crippen molar-refractivity contribution in [2.45, 2.75) is 45.6 Å². The van der Waals surface area contributed by atoms with Gasteiger partial charge in [-0.15, -0.1) is 0 Å². The Morgan fingerprint density at radius 2 is 1.71 bits per heavy atom. The Morgan fingerprint density at radius 1 is 1.00 bits per heavy atom. The van der Waals surface area contributed by atoms with Crippen LogP contribution < -0.4 is 11.1 Å². The molecule has 2 heterocycles. The third-order valence-corrected chi connectivity index (χ3v) is 4.38. The molecule has 0 radical (unpaired) electrons. The maximum Gasteiger partial charge on any atom is 0.232 e. The smallest absolute Gasteiger partial charge is 0.232 e. The highest BCUT2D eigenvalue weighted by molar-refractivity contribution is 5.54. The highest BCUT2D eigenvalue weighted by atomic mass is 15.2. The van der Waals surface area contributed by atoms with Crippen molar-refractivity contribution in [3.8, 4) is 0 Å². The van der Waals surface area contributed by atoms with E-state index in [0.717, 1.165) is 37.6 Å². The molecule has 0 amide bonds. The van der Waals surface area contributed by atoms with Gasteiger partial charge >= 0.3 is 0 Å². The monoisotopic (exact) mass is 326 g/mol. The van der Waals surface area contributed by atoms with Crippen molar-refractivity contribution in [2.75, 3.05) is 24.1 Å². The molecule has 0 unspecified atom stereocenters. The van der Waals surface area contributed by atoms with E-state index in [1.54, 1.807) is 0 Å². The summed E-state index contributed by atoms with van der Waals surface area (Å²) in [4.78, 5) is 15.5. The zero-order valence-corrected chi connectivity index (χ0v) is 14.3. The maximum absolute atomic E-state index is 5.87. The molecule has 3 N–H and O–H groups in total. The van der Waals surface area contributed by atoms with E-state index in [-0.39, 0.29) is 5.95 Å². The zero-order chi connectivity index (χ0) is 16.8. The molecular weight excluding hydrogens is 300 g/mol. The van der Waals surface area contributed by atoms with Crippen LogP contribution in [-0.2, 0) is 13.0 Å². The fourth-order valence-corrected chi connectivity index (χ4v) is 3.01. The Hall–Kier alpha value is -2.21. The van der Waals surface area contributed by atoms with Gasteiger partial charge in [0.15, 0.2) is 0 Å². The summed E-state index contributed by atoms with van der Waals surface area (Å²) in [6, 6.07) is 8.27. The Bertz CT molecular complexity index is 647. The van der Waals surface area contributed by atoms with Crippen molar-refractivity contribution in [3.63, 3.8) is 0 Å². The molecular formula is C18H26N6. The second-order valence-corrected chi connectivity index (χ2v) is 6.30. The van der Waals surface area contributed by atoms with Gasteiger partial charge in [-0.05, 0) is 50.0 Å². The molecule has 1 aromatic carbocycles. The van der Waals surface area contributed by atoms with Crippen molar-refractivity contribution >= 4 is 17.6 Å². The first-order valence-electron chi connectivity index (χ1n) is 8.81. The Kier molecular flexibility index (Phi) is 5.59. The van der Waals surface area contributed by atoms with Crippen LogP contribution in [0.5, 0.6) is 0 Å². The largest absolute Gasteiger partial charge is 0.368 e. The van der Waals surface area contributed by atoms with Crippen LogP contribution in [0.15, 0.2) is 24.3 Å². The fraction of sp³-hybridized carbons (Fsp3) is 0.500. The summed E-state index contributed by atoms with van der Waals surface area (Å²) in [6.07, 6.45) is 6.15. The van der Waals surface area contributed by atoms with Crippen LogP contribution in [-0.4, -0.2) is 32.9 Å². The SMILES string of the molecule is CCc1ccc(Nc2nc(N)nc(CN3CCCCCC3)n2)cc1. The predicted molar refractivity (Wildman–Crippen MR) is 97.1 cm³/mol. The minimum atomic E-state index is 0.266. The van der Waals surface area contributed by atoms with Gasteiger partial charge in [-0.2, -0.15) is 15.0 Å². The van der Waals surface area contributed by atoms with Gasteiger partial charge in [0.25, 0.3) is 0 Å². The molecule has 128 valence electrons. The summed E-state index contributed by atoms with van der Waals surface area (Å²) in [6.45, 7) is 5.08. The lowest BCUT2D eigenvalue weighted by Crippen LogP contribution is -2.25. The topological polar surface area (TPSA) is 80.0 Å². The molecule has 6 nitrogen and oxygen atoms in total. The molecule has 0 saturated carbocycles. The number of hydrogen-bond donors (Lipinski definition) is 2. The summed E-state index contributed by atoms with van der Waals surface area (Å²) in [5.41, 5.74) is 8.13. The highest BCUT2D eigenvalue weighted by Crippen LogP contribution is 2.16. The number of likely N-dealkylation sites (tertiary alicyclic amines) is 1. The van der Waals surface area contributed by atoms with E-state index in [1.165, 1.54) is 31.2 Å². The lowest BCUT2D eigenvalue weighted by molar-refractivity contribution is 0.270. The van der Waals surface area contributed by atoms with Crippen LogP contribution >= 0.6 is 0 Å². The van der Waals surface area contributed by atoms with E-state index in [2.05, 4.69) is 44.2 Å². The standard InChI is InChI=1S/C18H26N6/c1-2-14-7-9-15(10-8-14)20-18-22-16(21-17(19)23-18)13-24-11-5-3-4-6-12-24/h7-10H,2-6,11-13H2,1H3,(H3,19,20,21,22,23). The van der Waals surface area contributed by atoms with Crippen molar-refractivity contribution in [1.29, 1.82) is 0 Å². The molecule has 0 bridgehead atoms. The molecule has 1 saturated heterocycles. The van der Waals surface area contributed by atoms with Gasteiger partial charge in [0.05, 0.1) is 6.54 Å². The average molecular weight is 326 g/mol. The van der Waals surface area contributed by atoms with Crippen molar-refractivity contribution in [2.24, 2.45) is 0 Å². The molecule has 1 aromatic heterocycles. The van der Waals surface area contributed by atoms with Gasteiger partial charge in [-0.3, -0.25) is 4.90 Å². The lowest BCUT2D eigenvalue weighted by atomic mass is 10.1. The number of nitrogens with zero attached hydrogens (tertiary/aromatic N) is 4. The first-order chi connectivity index (χ1) is 11.7. The number of hydrogen-bond acceptors (Lipinski definition) is 6. The van der Waals surface area contributed by atoms with Crippen LogP contribution in [0.4, 0.5) is 17.6 Å². The van der Waals surface area contributed by atoms with Crippen LogP contribution in [0.1, 0.15) is 44.0 Å². The van der Waals surface area contributed by atoms with Gasteiger partial charge in [-0.25, -0.2) is 0 Å². The number of rotatable bonds is 5. The molecule has 24 heavy (non-hydrogen) atoms. The third-order valence-electron chi connectivity index (χ3n) is 4.38. The van der Waals surface area contributed by atoms with Crippen LogP contribution in [0.2, 0.25) is 0 Å². The van der Waals surface area contributed by atoms with Crippen LogP contribution in [0.3, 0.4) is 0 Å². The van der Waals surface area contributed by atoms with E-state index in [9.17, 15) is 0 Å². The number of nitrogen functional groups attached to an aromatic ring is 1. The number of anilines is 3. The number of aryl methyl sites for hydroxylation is 1. The first-order valence-corrected chi connectivity index (χ1v) is 8.81. The zero-order valence-electron chi connectivity index (χ0n) is 14.3. The second-order valence-electron chi connectivity index (χ2n) is 6.30. The second kappa shape index (κ2) is 8.06. The molecule has 0 spiro atoms. The minimum absolute atomic E-state index is 0.266. The third kappa shape index (κ3) is 4.64. The highest BCUT2D eigenvalue weighted by Gasteiger charge is 2.12. The van der Waals surface area contributed by atoms with E-state index in [4.69, 9.17) is 5.73 Å².